The van der Waals surface area contributed by atoms with Gasteiger partial charge in [0.1, 0.15) is 0 Å². The lowest BCUT2D eigenvalue weighted by atomic mass is 10.1. The SMILES string of the molecule is CSCCC(C)NS(=O)(=O)c1ccc(C)cc1C#CCN. The minimum atomic E-state index is -3.57. The molecule has 0 bridgehead atoms. The highest BCUT2D eigenvalue weighted by Gasteiger charge is 2.20. The summed E-state index contributed by atoms with van der Waals surface area (Å²) < 4.78 is 27.7. The molecule has 1 aromatic rings. The molecule has 1 aromatic carbocycles. The van der Waals surface area contributed by atoms with Crippen LogP contribution in [0.25, 0.3) is 0 Å². The van der Waals surface area contributed by atoms with Gasteiger partial charge in [-0.15, -0.1) is 0 Å². The van der Waals surface area contributed by atoms with Crippen LogP contribution in [0.2, 0.25) is 0 Å². The van der Waals surface area contributed by atoms with Crippen LogP contribution >= 0.6 is 11.8 Å². The van der Waals surface area contributed by atoms with Gasteiger partial charge in [0.15, 0.2) is 0 Å². The molecule has 116 valence electrons. The molecule has 0 fully saturated rings. The number of sulfonamides is 1. The van der Waals surface area contributed by atoms with Crippen LogP contribution in [0.1, 0.15) is 24.5 Å². The summed E-state index contributed by atoms with van der Waals surface area (Å²) in [6, 6.07) is 5.02. The Morgan fingerprint density at radius 1 is 1.43 bits per heavy atom. The molecule has 0 aliphatic carbocycles. The molecule has 3 N–H and O–H groups in total. The first-order chi connectivity index (χ1) is 9.90. The molecule has 4 nitrogen and oxygen atoms in total. The third kappa shape index (κ3) is 5.71. The Kier molecular flexibility index (Phi) is 7.26. The Morgan fingerprint density at radius 3 is 2.76 bits per heavy atom. The molecular formula is C15H22N2O2S2. The van der Waals surface area contributed by atoms with Gasteiger partial charge < -0.3 is 5.73 Å². The van der Waals surface area contributed by atoms with Crippen molar-refractivity contribution >= 4 is 21.8 Å². The summed E-state index contributed by atoms with van der Waals surface area (Å²) in [5.74, 6) is 6.47. The normalized spacial score (nSPS) is 12.6. The van der Waals surface area contributed by atoms with Gasteiger partial charge in [-0.3, -0.25) is 0 Å². The second kappa shape index (κ2) is 8.44. The van der Waals surface area contributed by atoms with E-state index in [1.807, 2.05) is 20.1 Å². The first-order valence-electron chi connectivity index (χ1n) is 6.71. The van der Waals surface area contributed by atoms with Crippen LogP contribution < -0.4 is 10.5 Å². The third-order valence-electron chi connectivity index (χ3n) is 2.86. The first kappa shape index (κ1) is 18.1. The lowest BCUT2D eigenvalue weighted by molar-refractivity contribution is 0.557. The van der Waals surface area contributed by atoms with Crippen LogP contribution in [0, 0.1) is 18.8 Å². The average molecular weight is 326 g/mol. The molecule has 6 heteroatoms. The number of nitrogens with two attached hydrogens (primary N) is 1. The first-order valence-corrected chi connectivity index (χ1v) is 9.59. The number of hydrogen-bond acceptors (Lipinski definition) is 4. The standard InChI is InChI=1S/C15H22N2O2S2/c1-12-6-7-15(14(11-12)5-4-9-16)21(18,19)17-13(2)8-10-20-3/h6-7,11,13,17H,8-10,16H2,1-3H3. The number of rotatable bonds is 6. The van der Waals surface area contributed by atoms with Crippen LogP contribution in [0.15, 0.2) is 23.1 Å². The molecule has 0 aromatic heterocycles. The zero-order valence-electron chi connectivity index (χ0n) is 12.6. The average Bonchev–Trinajstić information content (AvgIpc) is 2.42. The molecule has 1 rings (SSSR count). The fourth-order valence-corrected chi connectivity index (χ4v) is 3.81. The monoisotopic (exact) mass is 326 g/mol. The molecule has 1 unspecified atom stereocenters. The number of nitrogens with one attached hydrogen (secondary N) is 1. The van der Waals surface area contributed by atoms with Gasteiger partial charge in [-0.25, -0.2) is 13.1 Å². The molecule has 0 heterocycles. The molecule has 0 aliphatic rings. The minimum absolute atomic E-state index is 0.112. The second-order valence-electron chi connectivity index (χ2n) is 4.81. The largest absolute Gasteiger partial charge is 0.320 e. The lowest BCUT2D eigenvalue weighted by Crippen LogP contribution is -2.33. The summed E-state index contributed by atoms with van der Waals surface area (Å²) in [6.07, 6.45) is 2.79. The van der Waals surface area contributed by atoms with Crippen molar-refractivity contribution < 1.29 is 8.42 Å². The molecule has 21 heavy (non-hydrogen) atoms. The van der Waals surface area contributed by atoms with Crippen molar-refractivity contribution in [2.75, 3.05) is 18.6 Å². The molecule has 1 atom stereocenters. The molecule has 0 aliphatic heterocycles. The van der Waals surface area contributed by atoms with Crippen molar-refractivity contribution in [3.63, 3.8) is 0 Å². The quantitative estimate of drug-likeness (QED) is 0.781. The molecular weight excluding hydrogens is 304 g/mol. The zero-order chi connectivity index (χ0) is 15.9. The maximum atomic E-state index is 12.5. The smallest absolute Gasteiger partial charge is 0.242 e. The highest BCUT2D eigenvalue weighted by atomic mass is 32.2. The number of thioether (sulfide) groups is 1. The minimum Gasteiger partial charge on any atom is -0.320 e. The van der Waals surface area contributed by atoms with Gasteiger partial charge in [-0.2, -0.15) is 11.8 Å². The Bertz CT molecular complexity index is 631. The van der Waals surface area contributed by atoms with E-state index in [1.54, 1.807) is 30.0 Å². The summed E-state index contributed by atoms with van der Waals surface area (Å²) in [4.78, 5) is 0.213. The molecule has 0 amide bonds. The number of aryl methyl sites for hydroxylation is 1. The van der Waals surface area contributed by atoms with E-state index in [9.17, 15) is 8.42 Å². The van der Waals surface area contributed by atoms with E-state index in [0.29, 0.717) is 5.56 Å². The molecule has 0 saturated carbocycles. The maximum Gasteiger partial charge on any atom is 0.242 e. The predicted molar refractivity (Wildman–Crippen MR) is 89.9 cm³/mol. The van der Waals surface area contributed by atoms with Crippen molar-refractivity contribution in [2.24, 2.45) is 5.73 Å². The molecule has 0 radical (unpaired) electrons. The van der Waals surface area contributed by atoms with Gasteiger partial charge in [0, 0.05) is 11.6 Å². The fourth-order valence-electron chi connectivity index (χ4n) is 1.80. The van der Waals surface area contributed by atoms with Crippen molar-refractivity contribution in [2.45, 2.75) is 31.2 Å². The Labute approximate surface area is 131 Å². The Hall–Kier alpha value is -1.00. The summed E-state index contributed by atoms with van der Waals surface area (Å²) in [5.41, 5.74) is 6.82. The van der Waals surface area contributed by atoms with Gasteiger partial charge in [0.2, 0.25) is 10.0 Å². The summed E-state index contributed by atoms with van der Waals surface area (Å²) >= 11 is 1.70. The van der Waals surface area contributed by atoms with E-state index in [0.717, 1.165) is 17.7 Å². The van der Waals surface area contributed by atoms with Crippen LogP contribution in [0.3, 0.4) is 0 Å². The Balaban J connectivity index is 3.07. The maximum absolute atomic E-state index is 12.5. The summed E-state index contributed by atoms with van der Waals surface area (Å²) in [6.45, 7) is 3.97. The van der Waals surface area contributed by atoms with E-state index >= 15 is 0 Å². The summed E-state index contributed by atoms with van der Waals surface area (Å²) in [5, 5.41) is 0. The Morgan fingerprint density at radius 2 is 2.14 bits per heavy atom. The van der Waals surface area contributed by atoms with E-state index < -0.39 is 10.0 Å². The molecule has 0 spiro atoms. The molecule has 0 saturated heterocycles. The van der Waals surface area contributed by atoms with E-state index in [-0.39, 0.29) is 17.5 Å². The van der Waals surface area contributed by atoms with Gasteiger partial charge in [-0.1, -0.05) is 17.9 Å². The second-order valence-corrected chi connectivity index (χ2v) is 7.48. The van der Waals surface area contributed by atoms with E-state index in [4.69, 9.17) is 5.73 Å². The predicted octanol–water partition coefficient (Wildman–Crippen LogP) is 1.73. The van der Waals surface area contributed by atoms with E-state index in [1.165, 1.54) is 0 Å². The van der Waals surface area contributed by atoms with E-state index in [2.05, 4.69) is 16.6 Å². The lowest BCUT2D eigenvalue weighted by Gasteiger charge is -2.15. The van der Waals surface area contributed by atoms with Crippen LogP contribution in [-0.4, -0.2) is 33.0 Å². The van der Waals surface area contributed by atoms with Gasteiger partial charge in [-0.05, 0) is 50.0 Å². The van der Waals surface area contributed by atoms with Crippen LogP contribution in [0.4, 0.5) is 0 Å². The van der Waals surface area contributed by atoms with Crippen LogP contribution in [0.5, 0.6) is 0 Å². The highest BCUT2D eigenvalue weighted by molar-refractivity contribution is 7.98. The van der Waals surface area contributed by atoms with Crippen molar-refractivity contribution in [1.82, 2.24) is 4.72 Å². The van der Waals surface area contributed by atoms with Crippen molar-refractivity contribution in [3.8, 4) is 11.8 Å². The highest BCUT2D eigenvalue weighted by Crippen LogP contribution is 2.17. The summed E-state index contributed by atoms with van der Waals surface area (Å²) in [7, 11) is -3.57. The fraction of sp³-hybridized carbons (Fsp3) is 0.467. The zero-order valence-corrected chi connectivity index (χ0v) is 14.3. The van der Waals surface area contributed by atoms with Crippen molar-refractivity contribution in [3.05, 3.63) is 29.3 Å². The van der Waals surface area contributed by atoms with Gasteiger partial charge in [0.25, 0.3) is 0 Å². The van der Waals surface area contributed by atoms with Crippen LogP contribution in [-0.2, 0) is 10.0 Å². The number of hydrogen-bond donors (Lipinski definition) is 2. The van der Waals surface area contributed by atoms with Gasteiger partial charge >= 0.3 is 0 Å². The topological polar surface area (TPSA) is 72.2 Å². The van der Waals surface area contributed by atoms with Crippen molar-refractivity contribution in [1.29, 1.82) is 0 Å². The third-order valence-corrected chi connectivity index (χ3v) is 5.15. The number of benzene rings is 1. The van der Waals surface area contributed by atoms with Gasteiger partial charge in [0.05, 0.1) is 11.4 Å².